The van der Waals surface area contributed by atoms with Crippen LogP contribution in [0.4, 0.5) is 0 Å². The molecule has 0 fully saturated rings. The average Bonchev–Trinajstić information content (AvgIpc) is 2.34. The fourth-order valence-electron chi connectivity index (χ4n) is 1.46. The molecule has 18 heavy (non-hydrogen) atoms. The number of aryl methyl sites for hydroxylation is 1. The highest BCUT2D eigenvalue weighted by Gasteiger charge is 2.20. The standard InChI is InChI=1S/C13H17N3O2/c1-5-12(17)11(7-16(3)4)13(18)10-6-14-8-15-9(10)2/h6-8H,5H2,1-4H3. The van der Waals surface area contributed by atoms with E-state index < -0.39 is 0 Å². The molecule has 0 amide bonds. The van der Waals surface area contributed by atoms with Crippen molar-refractivity contribution in [1.29, 1.82) is 0 Å². The predicted octanol–water partition coefficient (Wildman–Crippen LogP) is 1.39. The van der Waals surface area contributed by atoms with E-state index in [0.717, 1.165) is 0 Å². The first-order chi connectivity index (χ1) is 8.47. The predicted molar refractivity (Wildman–Crippen MR) is 68.2 cm³/mol. The Balaban J connectivity index is 3.20. The summed E-state index contributed by atoms with van der Waals surface area (Å²) in [5.41, 5.74) is 1.11. The molecule has 1 rings (SSSR count). The monoisotopic (exact) mass is 247 g/mol. The van der Waals surface area contributed by atoms with Crippen molar-refractivity contribution in [2.24, 2.45) is 0 Å². The first-order valence-electron chi connectivity index (χ1n) is 5.70. The highest BCUT2D eigenvalue weighted by atomic mass is 16.1. The van der Waals surface area contributed by atoms with Crippen LogP contribution in [0.2, 0.25) is 0 Å². The van der Waals surface area contributed by atoms with Crippen LogP contribution in [0.3, 0.4) is 0 Å². The smallest absolute Gasteiger partial charge is 0.201 e. The molecule has 0 spiro atoms. The van der Waals surface area contributed by atoms with Gasteiger partial charge in [0.05, 0.1) is 16.8 Å². The van der Waals surface area contributed by atoms with Crippen molar-refractivity contribution in [2.45, 2.75) is 20.3 Å². The van der Waals surface area contributed by atoms with Gasteiger partial charge >= 0.3 is 0 Å². The lowest BCUT2D eigenvalue weighted by Gasteiger charge is -2.10. The van der Waals surface area contributed by atoms with Crippen LogP contribution in [-0.2, 0) is 4.79 Å². The topological polar surface area (TPSA) is 63.2 Å². The number of carbonyl (C=O) groups is 2. The molecule has 0 N–H and O–H groups in total. The summed E-state index contributed by atoms with van der Waals surface area (Å²) in [6.45, 7) is 3.45. The van der Waals surface area contributed by atoms with Crippen molar-refractivity contribution in [3.8, 4) is 0 Å². The molecular weight excluding hydrogens is 230 g/mol. The van der Waals surface area contributed by atoms with Crippen molar-refractivity contribution < 1.29 is 9.59 Å². The zero-order chi connectivity index (χ0) is 13.7. The third-order valence-electron chi connectivity index (χ3n) is 2.41. The number of aromatic nitrogens is 2. The van der Waals surface area contributed by atoms with Gasteiger partial charge in [0.15, 0.2) is 5.78 Å². The molecule has 0 aromatic carbocycles. The molecule has 0 unspecified atom stereocenters. The van der Waals surface area contributed by atoms with Gasteiger partial charge in [-0.1, -0.05) is 6.92 Å². The van der Waals surface area contributed by atoms with E-state index in [-0.39, 0.29) is 23.6 Å². The Morgan fingerprint density at radius 1 is 1.39 bits per heavy atom. The van der Waals surface area contributed by atoms with Crippen molar-refractivity contribution in [3.05, 3.63) is 35.6 Å². The van der Waals surface area contributed by atoms with Gasteiger partial charge in [-0.25, -0.2) is 9.97 Å². The number of hydrogen-bond donors (Lipinski definition) is 0. The van der Waals surface area contributed by atoms with Crippen molar-refractivity contribution >= 4 is 11.6 Å². The van der Waals surface area contributed by atoms with Gasteiger partial charge in [-0.2, -0.15) is 0 Å². The van der Waals surface area contributed by atoms with E-state index in [9.17, 15) is 9.59 Å². The molecule has 96 valence electrons. The van der Waals surface area contributed by atoms with E-state index in [2.05, 4.69) is 9.97 Å². The van der Waals surface area contributed by atoms with Crippen LogP contribution >= 0.6 is 0 Å². The van der Waals surface area contributed by atoms with Gasteiger partial charge < -0.3 is 4.90 Å². The fraction of sp³-hybridized carbons (Fsp3) is 0.385. The van der Waals surface area contributed by atoms with Crippen LogP contribution in [0.15, 0.2) is 24.3 Å². The quantitative estimate of drug-likeness (QED) is 0.340. The second-order valence-corrected chi connectivity index (χ2v) is 4.13. The zero-order valence-electron chi connectivity index (χ0n) is 11.1. The summed E-state index contributed by atoms with van der Waals surface area (Å²) in [6, 6.07) is 0. The lowest BCUT2D eigenvalue weighted by atomic mass is 9.99. The van der Waals surface area contributed by atoms with E-state index in [1.807, 2.05) is 0 Å². The van der Waals surface area contributed by atoms with Crippen LogP contribution in [-0.4, -0.2) is 40.5 Å². The Hall–Kier alpha value is -2.04. The number of ketones is 2. The van der Waals surface area contributed by atoms with E-state index in [1.54, 1.807) is 39.0 Å². The van der Waals surface area contributed by atoms with Gasteiger partial charge in [0.25, 0.3) is 0 Å². The van der Waals surface area contributed by atoms with Crippen LogP contribution in [0, 0.1) is 6.92 Å². The minimum absolute atomic E-state index is 0.167. The maximum atomic E-state index is 12.3. The summed E-state index contributed by atoms with van der Waals surface area (Å²) in [6.07, 6.45) is 4.65. The average molecular weight is 247 g/mol. The molecule has 0 aliphatic carbocycles. The highest BCUT2D eigenvalue weighted by Crippen LogP contribution is 2.13. The van der Waals surface area contributed by atoms with Gasteiger partial charge in [0.1, 0.15) is 6.33 Å². The largest absolute Gasteiger partial charge is 0.383 e. The number of carbonyl (C=O) groups excluding carboxylic acids is 2. The van der Waals surface area contributed by atoms with Gasteiger partial charge in [-0.05, 0) is 6.92 Å². The maximum Gasteiger partial charge on any atom is 0.201 e. The van der Waals surface area contributed by atoms with Crippen molar-refractivity contribution in [1.82, 2.24) is 14.9 Å². The molecule has 0 atom stereocenters. The molecule has 0 saturated carbocycles. The lowest BCUT2D eigenvalue weighted by Crippen LogP contribution is -2.18. The van der Waals surface area contributed by atoms with Crippen LogP contribution in [0.1, 0.15) is 29.4 Å². The molecule has 1 heterocycles. The van der Waals surface area contributed by atoms with E-state index in [1.165, 1.54) is 12.5 Å². The second-order valence-electron chi connectivity index (χ2n) is 4.13. The van der Waals surface area contributed by atoms with E-state index in [0.29, 0.717) is 11.3 Å². The first kappa shape index (κ1) is 14.0. The third kappa shape index (κ3) is 3.23. The lowest BCUT2D eigenvalue weighted by molar-refractivity contribution is -0.115. The van der Waals surface area contributed by atoms with Crippen molar-refractivity contribution in [3.63, 3.8) is 0 Å². The summed E-state index contributed by atoms with van der Waals surface area (Å²) in [4.78, 5) is 33.6. The Morgan fingerprint density at radius 3 is 2.56 bits per heavy atom. The van der Waals surface area contributed by atoms with Crippen molar-refractivity contribution in [2.75, 3.05) is 14.1 Å². The minimum atomic E-state index is -0.325. The molecule has 1 aromatic heterocycles. The normalized spacial score (nSPS) is 11.2. The number of nitrogens with zero attached hydrogens (tertiary/aromatic N) is 3. The Labute approximate surface area is 107 Å². The Morgan fingerprint density at radius 2 is 2.06 bits per heavy atom. The van der Waals surface area contributed by atoms with Gasteiger partial charge in [0, 0.05) is 32.9 Å². The number of Topliss-reactive ketones (excluding diaryl/α,β-unsaturated/α-hetero) is 2. The number of allylic oxidation sites excluding steroid dienone is 1. The van der Waals surface area contributed by atoms with Crippen LogP contribution in [0.5, 0.6) is 0 Å². The zero-order valence-corrected chi connectivity index (χ0v) is 11.1. The molecule has 0 aliphatic heterocycles. The second kappa shape index (κ2) is 6.05. The molecule has 0 bridgehead atoms. The molecule has 1 aromatic rings. The highest BCUT2D eigenvalue weighted by molar-refractivity contribution is 6.26. The van der Waals surface area contributed by atoms with Crippen LogP contribution < -0.4 is 0 Å². The minimum Gasteiger partial charge on any atom is -0.383 e. The molecular formula is C13H17N3O2. The SMILES string of the molecule is CCC(=O)C(=CN(C)C)C(=O)c1cncnc1C. The molecule has 0 saturated heterocycles. The number of rotatable bonds is 5. The number of hydrogen-bond acceptors (Lipinski definition) is 5. The van der Waals surface area contributed by atoms with E-state index in [4.69, 9.17) is 0 Å². The molecule has 5 nitrogen and oxygen atoms in total. The Bertz CT molecular complexity index is 493. The summed E-state index contributed by atoms with van der Waals surface area (Å²) < 4.78 is 0. The summed E-state index contributed by atoms with van der Waals surface area (Å²) in [5.74, 6) is -0.509. The van der Waals surface area contributed by atoms with E-state index >= 15 is 0 Å². The Kier molecular flexibility index (Phi) is 4.71. The molecule has 0 aliphatic rings. The van der Waals surface area contributed by atoms with Gasteiger partial charge in [-0.3, -0.25) is 9.59 Å². The first-order valence-corrected chi connectivity index (χ1v) is 5.70. The third-order valence-corrected chi connectivity index (χ3v) is 2.41. The summed E-state index contributed by atoms with van der Waals surface area (Å²) >= 11 is 0. The fourth-order valence-corrected chi connectivity index (χ4v) is 1.46. The van der Waals surface area contributed by atoms with Gasteiger partial charge in [0.2, 0.25) is 5.78 Å². The molecule has 0 radical (unpaired) electrons. The molecule has 5 heteroatoms. The summed E-state index contributed by atoms with van der Waals surface area (Å²) in [5, 5.41) is 0. The summed E-state index contributed by atoms with van der Waals surface area (Å²) in [7, 11) is 3.54. The maximum absolute atomic E-state index is 12.3. The van der Waals surface area contributed by atoms with Gasteiger partial charge in [-0.15, -0.1) is 0 Å². The van der Waals surface area contributed by atoms with Crippen LogP contribution in [0.25, 0.3) is 0 Å².